The lowest BCUT2D eigenvalue weighted by molar-refractivity contribution is 0.602. The molecule has 0 amide bonds. The van der Waals surface area contributed by atoms with Gasteiger partial charge in [0.25, 0.3) is 0 Å². The van der Waals surface area contributed by atoms with Gasteiger partial charge in [0, 0.05) is 11.2 Å². The van der Waals surface area contributed by atoms with Gasteiger partial charge in [-0.2, -0.15) is 5.26 Å². The van der Waals surface area contributed by atoms with Crippen molar-refractivity contribution in [1.29, 1.82) is 5.26 Å². The minimum absolute atomic E-state index is 0.247. The number of nitrogens with two attached hydrogens (primary N) is 1. The van der Waals surface area contributed by atoms with Crippen molar-refractivity contribution in [2.45, 2.75) is 9.79 Å². The molecule has 0 saturated heterocycles. The molecular formula is C16H11N5O2S4. The Morgan fingerprint density at radius 3 is 2.26 bits per heavy atom. The van der Waals surface area contributed by atoms with Crippen molar-refractivity contribution in [2.75, 3.05) is 11.3 Å². The summed E-state index contributed by atoms with van der Waals surface area (Å²) in [6.45, 7) is 0. The Morgan fingerprint density at radius 2 is 1.67 bits per heavy atom. The SMILES string of the molecule is CS(=O)(=O)c1ccc2nc(N(N)c3nc4ccc(SC#N)cc4s3)sc2c1. The first-order valence-corrected chi connectivity index (χ1v) is 11.8. The predicted octanol–water partition coefficient (Wildman–Crippen LogP) is 3.89. The fraction of sp³-hybridized carbons (Fsp3) is 0.0625. The number of hydrazine groups is 1. The Balaban J connectivity index is 1.72. The smallest absolute Gasteiger partial charge is 0.207 e. The Bertz CT molecular complexity index is 1320. The number of hydrogen-bond donors (Lipinski definition) is 1. The summed E-state index contributed by atoms with van der Waals surface area (Å²) < 4.78 is 25.1. The van der Waals surface area contributed by atoms with Gasteiger partial charge in [0.05, 0.1) is 25.3 Å². The number of thiazole rings is 2. The van der Waals surface area contributed by atoms with E-state index in [0.717, 1.165) is 31.6 Å². The highest BCUT2D eigenvalue weighted by Crippen LogP contribution is 2.36. The number of thioether (sulfide) groups is 1. The van der Waals surface area contributed by atoms with E-state index in [1.807, 2.05) is 23.6 Å². The van der Waals surface area contributed by atoms with Gasteiger partial charge in [0.1, 0.15) is 5.40 Å². The average Bonchev–Trinajstić information content (AvgIpc) is 3.23. The number of nitriles is 1. The lowest BCUT2D eigenvalue weighted by atomic mass is 10.3. The summed E-state index contributed by atoms with van der Waals surface area (Å²) >= 11 is 3.78. The largest absolute Gasteiger partial charge is 0.239 e. The molecule has 0 aliphatic rings. The van der Waals surface area contributed by atoms with Gasteiger partial charge in [-0.15, -0.1) is 0 Å². The number of rotatable bonds is 4. The van der Waals surface area contributed by atoms with E-state index in [0.29, 0.717) is 15.8 Å². The second-order valence-electron chi connectivity index (χ2n) is 5.59. The zero-order valence-corrected chi connectivity index (χ0v) is 17.0. The number of benzene rings is 2. The zero-order chi connectivity index (χ0) is 19.2. The standard InChI is InChI=1S/C16H11N5O2S4/c1-27(22,23)10-3-5-12-14(7-10)26-16(20-12)21(18)15-19-11-4-2-9(24-8-17)6-13(11)25-15/h2-7H,18H2,1H3. The lowest BCUT2D eigenvalue weighted by Crippen LogP contribution is -2.24. The van der Waals surface area contributed by atoms with Crippen LogP contribution in [-0.4, -0.2) is 24.6 Å². The maximum atomic E-state index is 11.7. The van der Waals surface area contributed by atoms with Crippen molar-refractivity contribution in [1.82, 2.24) is 9.97 Å². The van der Waals surface area contributed by atoms with Crippen LogP contribution >= 0.6 is 34.4 Å². The molecule has 0 aliphatic carbocycles. The van der Waals surface area contributed by atoms with Gasteiger partial charge in [-0.3, -0.25) is 0 Å². The molecule has 0 unspecified atom stereocenters. The first kappa shape index (κ1) is 18.1. The summed E-state index contributed by atoms with van der Waals surface area (Å²) in [5, 5.41) is 13.3. The van der Waals surface area contributed by atoms with Crippen molar-refractivity contribution < 1.29 is 8.42 Å². The first-order chi connectivity index (χ1) is 12.8. The predicted molar refractivity (Wildman–Crippen MR) is 110 cm³/mol. The Labute approximate surface area is 167 Å². The molecule has 7 nitrogen and oxygen atoms in total. The molecule has 11 heteroatoms. The van der Waals surface area contributed by atoms with Gasteiger partial charge >= 0.3 is 0 Å². The van der Waals surface area contributed by atoms with Crippen LogP contribution in [0, 0.1) is 10.7 Å². The van der Waals surface area contributed by atoms with E-state index in [-0.39, 0.29) is 4.90 Å². The van der Waals surface area contributed by atoms with Crippen LogP contribution in [0.2, 0.25) is 0 Å². The minimum atomic E-state index is -3.28. The van der Waals surface area contributed by atoms with Crippen LogP contribution in [0.5, 0.6) is 0 Å². The molecule has 136 valence electrons. The van der Waals surface area contributed by atoms with Crippen LogP contribution in [-0.2, 0) is 9.84 Å². The van der Waals surface area contributed by atoms with E-state index in [9.17, 15) is 8.42 Å². The molecule has 4 rings (SSSR count). The van der Waals surface area contributed by atoms with E-state index in [1.54, 1.807) is 12.1 Å². The highest BCUT2D eigenvalue weighted by Gasteiger charge is 2.17. The molecule has 4 aromatic rings. The second-order valence-corrected chi connectivity index (χ2v) is 10.5. The van der Waals surface area contributed by atoms with E-state index < -0.39 is 9.84 Å². The number of aromatic nitrogens is 2. The molecule has 2 heterocycles. The number of fused-ring (bicyclic) bond motifs is 2. The van der Waals surface area contributed by atoms with Crippen LogP contribution < -0.4 is 10.9 Å². The fourth-order valence-electron chi connectivity index (χ4n) is 2.42. The topological polar surface area (TPSA) is 113 Å². The van der Waals surface area contributed by atoms with Crippen LogP contribution in [0.1, 0.15) is 0 Å². The molecule has 0 bridgehead atoms. The summed E-state index contributed by atoms with van der Waals surface area (Å²) in [6, 6.07) is 10.4. The summed E-state index contributed by atoms with van der Waals surface area (Å²) in [7, 11) is -3.28. The summed E-state index contributed by atoms with van der Waals surface area (Å²) in [5.41, 5.74) is 1.46. The van der Waals surface area contributed by atoms with Crippen LogP contribution in [0.3, 0.4) is 0 Å². The van der Waals surface area contributed by atoms with Crippen LogP contribution in [0.4, 0.5) is 10.3 Å². The van der Waals surface area contributed by atoms with Crippen molar-refractivity contribution >= 4 is 75.0 Å². The first-order valence-electron chi connectivity index (χ1n) is 7.47. The highest BCUT2D eigenvalue weighted by molar-refractivity contribution is 8.03. The number of thiocyanates is 1. The van der Waals surface area contributed by atoms with Crippen LogP contribution in [0.25, 0.3) is 20.4 Å². The molecule has 0 fully saturated rings. The quantitative estimate of drug-likeness (QED) is 0.223. The van der Waals surface area contributed by atoms with E-state index in [2.05, 4.69) is 9.97 Å². The second kappa shape index (κ2) is 6.74. The Kier molecular flexibility index (Phi) is 4.53. The molecular weight excluding hydrogens is 422 g/mol. The molecule has 0 saturated carbocycles. The average molecular weight is 434 g/mol. The maximum absolute atomic E-state index is 11.7. The summed E-state index contributed by atoms with van der Waals surface area (Å²) in [6.07, 6.45) is 1.17. The van der Waals surface area contributed by atoms with Gasteiger partial charge < -0.3 is 0 Å². The van der Waals surface area contributed by atoms with Crippen molar-refractivity contribution in [2.24, 2.45) is 5.84 Å². The molecule has 0 spiro atoms. The monoisotopic (exact) mass is 433 g/mol. The number of anilines is 2. The lowest BCUT2D eigenvalue weighted by Gasteiger charge is -2.09. The third kappa shape index (κ3) is 3.50. The van der Waals surface area contributed by atoms with Crippen molar-refractivity contribution in [3.05, 3.63) is 36.4 Å². The molecule has 0 atom stereocenters. The molecule has 2 aromatic heterocycles. The zero-order valence-electron chi connectivity index (χ0n) is 13.8. The van der Waals surface area contributed by atoms with E-state index >= 15 is 0 Å². The molecule has 27 heavy (non-hydrogen) atoms. The summed E-state index contributed by atoms with van der Waals surface area (Å²) in [5.74, 6) is 6.22. The number of nitrogens with zero attached hydrogens (tertiary/aromatic N) is 4. The molecule has 0 radical (unpaired) electrons. The van der Waals surface area contributed by atoms with Gasteiger partial charge in [-0.1, -0.05) is 22.7 Å². The Hall–Kier alpha value is -2.23. The van der Waals surface area contributed by atoms with Gasteiger partial charge in [-0.25, -0.2) is 29.2 Å². The normalized spacial score (nSPS) is 11.7. The molecule has 2 N–H and O–H groups in total. The van der Waals surface area contributed by atoms with Gasteiger partial charge in [-0.05, 0) is 48.2 Å². The Morgan fingerprint density at radius 1 is 1.07 bits per heavy atom. The molecule has 2 aromatic carbocycles. The van der Waals surface area contributed by atoms with Gasteiger partial charge in [0.15, 0.2) is 9.84 Å². The molecule has 0 aliphatic heterocycles. The van der Waals surface area contributed by atoms with Crippen molar-refractivity contribution in [3.8, 4) is 5.40 Å². The fourth-order valence-corrected chi connectivity index (χ4v) is 5.55. The van der Waals surface area contributed by atoms with E-state index in [4.69, 9.17) is 11.1 Å². The number of hydrogen-bond acceptors (Lipinski definition) is 10. The number of sulfone groups is 1. The third-order valence-electron chi connectivity index (χ3n) is 3.70. The third-order valence-corrected chi connectivity index (χ3v) is 7.43. The highest BCUT2D eigenvalue weighted by atomic mass is 32.2. The maximum Gasteiger partial charge on any atom is 0.207 e. The van der Waals surface area contributed by atoms with Crippen LogP contribution in [0.15, 0.2) is 46.2 Å². The van der Waals surface area contributed by atoms with E-state index in [1.165, 1.54) is 40.0 Å². The van der Waals surface area contributed by atoms with Gasteiger partial charge in [0.2, 0.25) is 10.3 Å². The minimum Gasteiger partial charge on any atom is -0.239 e. The van der Waals surface area contributed by atoms with Crippen molar-refractivity contribution in [3.63, 3.8) is 0 Å². The summed E-state index contributed by atoms with van der Waals surface area (Å²) in [4.78, 5) is 10.1.